The first-order valence-corrected chi connectivity index (χ1v) is 9.69. The number of amides is 1. The summed E-state index contributed by atoms with van der Waals surface area (Å²) in [7, 11) is -3.52. The third-order valence-corrected chi connectivity index (χ3v) is 6.90. The third-order valence-electron chi connectivity index (χ3n) is 4.99. The smallest absolute Gasteiger partial charge is 0.243 e. The van der Waals surface area contributed by atoms with Gasteiger partial charge in [-0.3, -0.25) is 4.79 Å². The summed E-state index contributed by atoms with van der Waals surface area (Å²) < 4.78 is 26.6. The number of benzene rings is 1. The molecule has 0 bridgehead atoms. The van der Waals surface area contributed by atoms with Crippen LogP contribution < -0.4 is 0 Å². The molecule has 1 aliphatic carbocycles. The molecule has 0 N–H and O–H groups in total. The van der Waals surface area contributed by atoms with Gasteiger partial charge in [-0.2, -0.15) is 9.57 Å². The fourth-order valence-corrected chi connectivity index (χ4v) is 4.97. The first kappa shape index (κ1) is 16.9. The van der Waals surface area contributed by atoms with E-state index in [1.807, 2.05) is 0 Å². The first-order chi connectivity index (χ1) is 11.5. The normalized spacial score (nSPS) is 21.4. The second-order valence-corrected chi connectivity index (χ2v) is 8.35. The molecule has 128 valence electrons. The quantitative estimate of drug-likeness (QED) is 0.832. The molecular weight excluding hydrogens is 326 g/mol. The zero-order valence-electron chi connectivity index (χ0n) is 13.5. The number of piperazine rings is 1. The van der Waals surface area contributed by atoms with Crippen LogP contribution in [0.15, 0.2) is 35.2 Å². The average Bonchev–Trinajstić information content (AvgIpc) is 3.12. The van der Waals surface area contributed by atoms with Gasteiger partial charge >= 0.3 is 0 Å². The third kappa shape index (κ3) is 2.92. The molecule has 1 aromatic rings. The van der Waals surface area contributed by atoms with E-state index in [0.717, 1.165) is 12.8 Å². The number of hydrogen-bond acceptors (Lipinski definition) is 4. The Bertz CT molecular complexity index is 741. The minimum Gasteiger partial charge on any atom is -0.339 e. The molecule has 0 aromatic heterocycles. The fraction of sp³-hybridized carbons (Fsp3) is 0.529. The number of carbonyl (C=O) groups excluding carboxylic acids is 1. The van der Waals surface area contributed by atoms with Gasteiger partial charge in [0, 0.05) is 26.2 Å². The van der Waals surface area contributed by atoms with Crippen LogP contribution in [0.2, 0.25) is 0 Å². The summed E-state index contributed by atoms with van der Waals surface area (Å²) >= 11 is 0. The molecule has 2 aliphatic rings. The van der Waals surface area contributed by atoms with Gasteiger partial charge in [0.05, 0.1) is 11.0 Å². The SMILES string of the molecule is N#CC1(C(=O)N2CCN(S(=O)(=O)c3ccccc3)CC2)CCCC1. The second kappa shape index (κ2) is 6.54. The summed E-state index contributed by atoms with van der Waals surface area (Å²) in [6, 6.07) is 10.5. The number of carbonyl (C=O) groups is 1. The van der Waals surface area contributed by atoms with Gasteiger partial charge in [-0.25, -0.2) is 8.42 Å². The Morgan fingerprint density at radius 1 is 1.04 bits per heavy atom. The predicted octanol–water partition coefficient (Wildman–Crippen LogP) is 1.60. The lowest BCUT2D eigenvalue weighted by Crippen LogP contribution is -2.53. The molecule has 3 rings (SSSR count). The lowest BCUT2D eigenvalue weighted by atomic mass is 9.86. The second-order valence-electron chi connectivity index (χ2n) is 6.41. The van der Waals surface area contributed by atoms with Crippen LogP contribution in [-0.2, 0) is 14.8 Å². The molecule has 6 nitrogen and oxygen atoms in total. The van der Waals surface area contributed by atoms with Crippen LogP contribution in [0.1, 0.15) is 25.7 Å². The molecule has 0 unspecified atom stereocenters. The Hall–Kier alpha value is -1.91. The molecule has 24 heavy (non-hydrogen) atoms. The van der Waals surface area contributed by atoms with Crippen LogP contribution in [0.25, 0.3) is 0 Å². The van der Waals surface area contributed by atoms with Crippen LogP contribution in [0, 0.1) is 16.7 Å². The highest BCUT2D eigenvalue weighted by Gasteiger charge is 2.45. The molecular formula is C17H21N3O3S. The van der Waals surface area contributed by atoms with Crippen molar-refractivity contribution in [2.75, 3.05) is 26.2 Å². The van der Waals surface area contributed by atoms with Crippen molar-refractivity contribution in [2.24, 2.45) is 5.41 Å². The van der Waals surface area contributed by atoms with Gasteiger partial charge < -0.3 is 4.90 Å². The van der Waals surface area contributed by atoms with Crippen molar-refractivity contribution < 1.29 is 13.2 Å². The standard InChI is InChI=1S/C17H21N3O3S/c18-14-17(8-4-5-9-17)16(21)19-10-12-20(13-11-19)24(22,23)15-6-2-1-3-7-15/h1-3,6-7H,4-5,8-13H2. The van der Waals surface area contributed by atoms with E-state index in [1.165, 1.54) is 4.31 Å². The van der Waals surface area contributed by atoms with E-state index in [9.17, 15) is 18.5 Å². The minimum atomic E-state index is -3.52. The molecule has 0 spiro atoms. The highest BCUT2D eigenvalue weighted by atomic mass is 32.2. The van der Waals surface area contributed by atoms with Crippen molar-refractivity contribution in [3.63, 3.8) is 0 Å². The number of nitriles is 1. The fourth-order valence-electron chi connectivity index (χ4n) is 3.53. The average molecular weight is 347 g/mol. The zero-order valence-corrected chi connectivity index (χ0v) is 14.3. The van der Waals surface area contributed by atoms with Gasteiger partial charge in [0.2, 0.25) is 15.9 Å². The van der Waals surface area contributed by atoms with E-state index < -0.39 is 15.4 Å². The topological polar surface area (TPSA) is 81.5 Å². The maximum atomic E-state index is 12.7. The largest absolute Gasteiger partial charge is 0.339 e. The van der Waals surface area contributed by atoms with Crippen LogP contribution in [0.5, 0.6) is 0 Å². The molecule has 1 amide bonds. The van der Waals surface area contributed by atoms with Crippen molar-refractivity contribution in [3.05, 3.63) is 30.3 Å². The van der Waals surface area contributed by atoms with Gasteiger partial charge in [-0.05, 0) is 25.0 Å². The summed E-state index contributed by atoms with van der Waals surface area (Å²) in [5.74, 6) is -0.126. The summed E-state index contributed by atoms with van der Waals surface area (Å²) in [4.78, 5) is 14.6. The van der Waals surface area contributed by atoms with Gasteiger partial charge in [0.1, 0.15) is 5.41 Å². The summed E-state index contributed by atoms with van der Waals surface area (Å²) in [5.41, 5.74) is -0.888. The molecule has 0 atom stereocenters. The Morgan fingerprint density at radius 3 is 2.17 bits per heavy atom. The van der Waals surface area contributed by atoms with Crippen molar-refractivity contribution in [1.82, 2.24) is 9.21 Å². The number of nitrogens with zero attached hydrogens (tertiary/aromatic N) is 3. The molecule has 1 aliphatic heterocycles. The Labute approximate surface area is 142 Å². The van der Waals surface area contributed by atoms with Crippen LogP contribution in [0.3, 0.4) is 0 Å². The molecule has 7 heteroatoms. The highest BCUT2D eigenvalue weighted by molar-refractivity contribution is 7.89. The molecule has 1 heterocycles. The lowest BCUT2D eigenvalue weighted by molar-refractivity contribution is -0.140. The van der Waals surface area contributed by atoms with Gasteiger partial charge in [0.25, 0.3) is 0 Å². The van der Waals surface area contributed by atoms with Crippen molar-refractivity contribution in [1.29, 1.82) is 5.26 Å². The van der Waals surface area contributed by atoms with E-state index in [2.05, 4.69) is 6.07 Å². The van der Waals surface area contributed by atoms with E-state index >= 15 is 0 Å². The number of hydrogen-bond donors (Lipinski definition) is 0. The maximum absolute atomic E-state index is 12.7. The lowest BCUT2D eigenvalue weighted by Gasteiger charge is -2.37. The van der Waals surface area contributed by atoms with Crippen molar-refractivity contribution in [3.8, 4) is 6.07 Å². The van der Waals surface area contributed by atoms with E-state index in [0.29, 0.717) is 25.9 Å². The van der Waals surface area contributed by atoms with Crippen LogP contribution in [-0.4, -0.2) is 49.7 Å². The zero-order chi connectivity index (χ0) is 17.2. The molecule has 1 aromatic carbocycles. The van der Waals surface area contributed by atoms with Gasteiger partial charge in [-0.15, -0.1) is 0 Å². The van der Waals surface area contributed by atoms with Crippen molar-refractivity contribution in [2.45, 2.75) is 30.6 Å². The van der Waals surface area contributed by atoms with Gasteiger partial charge in [-0.1, -0.05) is 31.0 Å². The number of sulfonamides is 1. The molecule has 0 radical (unpaired) electrons. The van der Waals surface area contributed by atoms with E-state index in [1.54, 1.807) is 35.2 Å². The van der Waals surface area contributed by atoms with E-state index in [4.69, 9.17) is 0 Å². The Kier molecular flexibility index (Phi) is 4.61. The minimum absolute atomic E-state index is 0.126. The number of rotatable bonds is 3. The molecule has 1 saturated carbocycles. The Balaban J connectivity index is 1.68. The van der Waals surface area contributed by atoms with Gasteiger partial charge in [0.15, 0.2) is 0 Å². The summed E-state index contributed by atoms with van der Waals surface area (Å²) in [6.07, 6.45) is 3.04. The predicted molar refractivity (Wildman–Crippen MR) is 88.3 cm³/mol. The summed E-state index contributed by atoms with van der Waals surface area (Å²) in [6.45, 7) is 1.22. The highest BCUT2D eigenvalue weighted by Crippen LogP contribution is 2.39. The van der Waals surface area contributed by atoms with Crippen LogP contribution in [0.4, 0.5) is 0 Å². The monoisotopic (exact) mass is 347 g/mol. The van der Waals surface area contributed by atoms with E-state index in [-0.39, 0.29) is 23.9 Å². The molecule has 1 saturated heterocycles. The first-order valence-electron chi connectivity index (χ1n) is 8.25. The Morgan fingerprint density at radius 2 is 1.62 bits per heavy atom. The van der Waals surface area contributed by atoms with Crippen LogP contribution >= 0.6 is 0 Å². The molecule has 2 fully saturated rings. The van der Waals surface area contributed by atoms with Crippen molar-refractivity contribution >= 4 is 15.9 Å². The maximum Gasteiger partial charge on any atom is 0.243 e. The summed E-state index contributed by atoms with van der Waals surface area (Å²) in [5, 5.41) is 9.44.